The summed E-state index contributed by atoms with van der Waals surface area (Å²) >= 11 is 0. The molecule has 0 fully saturated rings. The van der Waals surface area contributed by atoms with E-state index in [1.165, 1.54) is 10.9 Å². The van der Waals surface area contributed by atoms with Crippen molar-refractivity contribution in [2.24, 2.45) is 5.41 Å². The van der Waals surface area contributed by atoms with Crippen molar-refractivity contribution in [2.75, 3.05) is 5.32 Å². The molecule has 0 saturated heterocycles. The van der Waals surface area contributed by atoms with Crippen molar-refractivity contribution < 1.29 is 4.79 Å². The van der Waals surface area contributed by atoms with Gasteiger partial charge in [-0.2, -0.15) is 19.9 Å². The SMILES string of the molecule is Cc1ccc(-n2ncc3c(=O)[nH]c(-n4nc(C)cc4NC(=O)CC(C)(C)C)nc32)c(C)c1. The Balaban J connectivity index is 1.81. The highest BCUT2D eigenvalue weighted by atomic mass is 16.1. The second-order valence-corrected chi connectivity index (χ2v) is 9.34. The van der Waals surface area contributed by atoms with Crippen LogP contribution in [0.3, 0.4) is 0 Å². The minimum Gasteiger partial charge on any atom is -0.310 e. The van der Waals surface area contributed by atoms with Gasteiger partial charge in [0.1, 0.15) is 11.2 Å². The Bertz CT molecular complexity index is 1390. The van der Waals surface area contributed by atoms with E-state index in [2.05, 4.69) is 31.5 Å². The van der Waals surface area contributed by atoms with E-state index in [1.807, 2.05) is 53.7 Å². The Labute approximate surface area is 185 Å². The number of hydrogen-bond acceptors (Lipinski definition) is 5. The molecule has 32 heavy (non-hydrogen) atoms. The summed E-state index contributed by atoms with van der Waals surface area (Å²) in [7, 11) is 0. The molecule has 9 heteroatoms. The highest BCUT2D eigenvalue weighted by molar-refractivity contribution is 5.90. The lowest BCUT2D eigenvalue weighted by Gasteiger charge is -2.17. The van der Waals surface area contributed by atoms with E-state index in [4.69, 9.17) is 0 Å². The Morgan fingerprint density at radius 1 is 1.12 bits per heavy atom. The minimum absolute atomic E-state index is 0.137. The van der Waals surface area contributed by atoms with Gasteiger partial charge < -0.3 is 5.32 Å². The molecule has 0 aliphatic heterocycles. The Hall–Kier alpha value is -3.75. The summed E-state index contributed by atoms with van der Waals surface area (Å²) in [6.45, 7) is 11.8. The molecule has 0 bridgehead atoms. The number of hydrogen-bond donors (Lipinski definition) is 2. The van der Waals surface area contributed by atoms with Crippen LogP contribution < -0.4 is 10.9 Å². The first-order valence-corrected chi connectivity index (χ1v) is 10.4. The summed E-state index contributed by atoms with van der Waals surface area (Å²) in [6, 6.07) is 7.74. The summed E-state index contributed by atoms with van der Waals surface area (Å²) in [5, 5.41) is 12.1. The number of anilines is 1. The second-order valence-electron chi connectivity index (χ2n) is 9.34. The zero-order valence-corrected chi connectivity index (χ0v) is 19.1. The molecule has 0 unspecified atom stereocenters. The lowest BCUT2D eigenvalue weighted by molar-refractivity contribution is -0.117. The number of aromatic amines is 1. The predicted molar refractivity (Wildman–Crippen MR) is 124 cm³/mol. The van der Waals surface area contributed by atoms with Gasteiger partial charge in [-0.15, -0.1) is 0 Å². The zero-order valence-electron chi connectivity index (χ0n) is 19.1. The summed E-state index contributed by atoms with van der Waals surface area (Å²) in [5.74, 6) is 0.507. The van der Waals surface area contributed by atoms with Crippen molar-refractivity contribution in [2.45, 2.75) is 48.0 Å². The van der Waals surface area contributed by atoms with Crippen LogP contribution in [-0.4, -0.2) is 35.4 Å². The lowest BCUT2D eigenvalue weighted by atomic mass is 9.92. The first kappa shape index (κ1) is 21.5. The van der Waals surface area contributed by atoms with E-state index in [0.717, 1.165) is 16.8 Å². The van der Waals surface area contributed by atoms with Gasteiger partial charge in [0.2, 0.25) is 11.9 Å². The molecule has 9 nitrogen and oxygen atoms in total. The van der Waals surface area contributed by atoms with Crippen molar-refractivity contribution in [1.29, 1.82) is 0 Å². The van der Waals surface area contributed by atoms with Crippen LogP contribution in [0.15, 0.2) is 35.3 Å². The predicted octanol–water partition coefficient (Wildman–Crippen LogP) is 3.59. The molecule has 1 aromatic carbocycles. The number of rotatable bonds is 4. The molecule has 0 radical (unpaired) electrons. The van der Waals surface area contributed by atoms with E-state index in [0.29, 0.717) is 29.0 Å². The van der Waals surface area contributed by atoms with Crippen LogP contribution in [0.1, 0.15) is 44.0 Å². The number of nitrogens with one attached hydrogen (secondary N) is 2. The molecule has 0 atom stereocenters. The number of carbonyl (C=O) groups excluding carboxylic acids is 1. The van der Waals surface area contributed by atoms with Gasteiger partial charge in [0.05, 0.1) is 17.6 Å². The maximum absolute atomic E-state index is 12.8. The first-order valence-electron chi connectivity index (χ1n) is 10.4. The molecule has 166 valence electrons. The normalized spacial score (nSPS) is 11.8. The molecule has 0 spiro atoms. The number of carbonyl (C=O) groups is 1. The molecule has 0 saturated carbocycles. The van der Waals surface area contributed by atoms with Gasteiger partial charge >= 0.3 is 0 Å². The fourth-order valence-corrected chi connectivity index (χ4v) is 3.65. The fourth-order valence-electron chi connectivity index (χ4n) is 3.65. The van der Waals surface area contributed by atoms with Crippen molar-refractivity contribution in [3.05, 3.63) is 57.6 Å². The van der Waals surface area contributed by atoms with Crippen LogP contribution >= 0.6 is 0 Å². The van der Waals surface area contributed by atoms with Crippen LogP contribution in [-0.2, 0) is 4.79 Å². The molecule has 3 aromatic heterocycles. The third-order valence-electron chi connectivity index (χ3n) is 5.00. The van der Waals surface area contributed by atoms with Crippen molar-refractivity contribution in [1.82, 2.24) is 29.5 Å². The number of benzene rings is 1. The molecule has 4 rings (SSSR count). The van der Waals surface area contributed by atoms with Gasteiger partial charge in [0.15, 0.2) is 5.65 Å². The minimum atomic E-state index is -0.332. The number of aromatic nitrogens is 6. The van der Waals surface area contributed by atoms with E-state index in [1.54, 1.807) is 10.7 Å². The number of amides is 1. The van der Waals surface area contributed by atoms with Gasteiger partial charge in [-0.25, -0.2) is 4.68 Å². The smallest absolute Gasteiger partial charge is 0.263 e. The summed E-state index contributed by atoms with van der Waals surface area (Å²) < 4.78 is 3.09. The van der Waals surface area contributed by atoms with Gasteiger partial charge in [0, 0.05) is 12.5 Å². The first-order chi connectivity index (χ1) is 15.0. The molecule has 4 aromatic rings. The average molecular weight is 434 g/mol. The highest BCUT2D eigenvalue weighted by Gasteiger charge is 2.20. The van der Waals surface area contributed by atoms with Crippen molar-refractivity contribution >= 4 is 22.8 Å². The van der Waals surface area contributed by atoms with Crippen molar-refractivity contribution in [3.8, 4) is 11.6 Å². The van der Waals surface area contributed by atoms with Crippen molar-refractivity contribution in [3.63, 3.8) is 0 Å². The van der Waals surface area contributed by atoms with Crippen LogP contribution in [0.5, 0.6) is 0 Å². The molecular formula is C23H27N7O2. The molecule has 2 N–H and O–H groups in total. The number of H-pyrrole nitrogens is 1. The quantitative estimate of drug-likeness (QED) is 0.511. The van der Waals surface area contributed by atoms with Gasteiger partial charge in [-0.3, -0.25) is 14.6 Å². The van der Waals surface area contributed by atoms with E-state index in [9.17, 15) is 9.59 Å². The average Bonchev–Trinajstić information content (AvgIpc) is 3.24. The van der Waals surface area contributed by atoms with Crippen LogP contribution in [0.2, 0.25) is 0 Å². The summed E-state index contributed by atoms with van der Waals surface area (Å²) in [6.07, 6.45) is 1.85. The standard InChI is InChI=1S/C23H27N7O2/c1-13-7-8-17(14(2)9-13)29-20-16(12-24-29)21(32)27-22(26-20)30-18(10-15(3)28-30)25-19(31)11-23(4,5)6/h7-10,12H,11H2,1-6H3,(H,25,31)(H,26,27,32). The van der Waals surface area contributed by atoms with Gasteiger partial charge in [-0.1, -0.05) is 38.5 Å². The largest absolute Gasteiger partial charge is 0.310 e. The monoisotopic (exact) mass is 433 g/mol. The Morgan fingerprint density at radius 2 is 1.88 bits per heavy atom. The van der Waals surface area contributed by atoms with Crippen LogP contribution in [0, 0.1) is 26.2 Å². The van der Waals surface area contributed by atoms with E-state index >= 15 is 0 Å². The second kappa shape index (κ2) is 7.74. The summed E-state index contributed by atoms with van der Waals surface area (Å²) in [4.78, 5) is 32.7. The number of nitrogens with zero attached hydrogens (tertiary/aromatic N) is 5. The molecule has 3 heterocycles. The Kier molecular flexibility index (Phi) is 5.20. The summed E-state index contributed by atoms with van der Waals surface area (Å²) in [5.41, 5.74) is 3.60. The van der Waals surface area contributed by atoms with E-state index in [-0.39, 0.29) is 22.8 Å². The van der Waals surface area contributed by atoms with Gasteiger partial charge in [-0.05, 0) is 37.8 Å². The zero-order chi connectivity index (χ0) is 23.2. The third kappa shape index (κ3) is 4.18. The topological polar surface area (TPSA) is 110 Å². The van der Waals surface area contributed by atoms with Crippen LogP contribution in [0.25, 0.3) is 22.7 Å². The Morgan fingerprint density at radius 3 is 2.56 bits per heavy atom. The highest BCUT2D eigenvalue weighted by Crippen LogP contribution is 2.22. The fraction of sp³-hybridized carbons (Fsp3) is 0.348. The maximum atomic E-state index is 12.8. The maximum Gasteiger partial charge on any atom is 0.263 e. The lowest BCUT2D eigenvalue weighted by Crippen LogP contribution is -2.22. The molecule has 0 aliphatic rings. The molecule has 1 amide bonds. The molecular weight excluding hydrogens is 406 g/mol. The molecule has 0 aliphatic carbocycles. The third-order valence-corrected chi connectivity index (χ3v) is 5.00. The number of fused-ring (bicyclic) bond motifs is 1. The van der Waals surface area contributed by atoms with Gasteiger partial charge in [0.25, 0.3) is 5.56 Å². The van der Waals surface area contributed by atoms with E-state index < -0.39 is 0 Å². The van der Waals surface area contributed by atoms with Crippen LogP contribution in [0.4, 0.5) is 5.82 Å². The number of aryl methyl sites for hydroxylation is 3.